The maximum absolute atomic E-state index is 13.7. The predicted octanol–water partition coefficient (Wildman–Crippen LogP) is 3.01. The van der Waals surface area contributed by atoms with Crippen LogP contribution >= 0.6 is 0 Å². The van der Waals surface area contributed by atoms with Crippen molar-refractivity contribution in [3.05, 3.63) is 80.8 Å². The topological polar surface area (TPSA) is 219 Å². The van der Waals surface area contributed by atoms with Gasteiger partial charge >= 0.3 is 0 Å². The summed E-state index contributed by atoms with van der Waals surface area (Å²) in [6.45, 7) is 4.84. The number of aliphatic hydroxyl groups is 5. The first kappa shape index (κ1) is 42.6. The molecular weight excluding hydrogens is 799 g/mol. The van der Waals surface area contributed by atoms with E-state index in [0.29, 0.717) is 71.1 Å². The molecule has 332 valence electrons. The fraction of sp³-hybridized carbons (Fsp3) is 0.565. The lowest BCUT2D eigenvalue weighted by Crippen LogP contribution is -2.63. The van der Waals surface area contributed by atoms with Crippen LogP contribution in [0.5, 0.6) is 5.75 Å². The van der Waals surface area contributed by atoms with Gasteiger partial charge in [-0.05, 0) is 76.2 Å². The van der Waals surface area contributed by atoms with E-state index in [1.54, 1.807) is 36.4 Å². The van der Waals surface area contributed by atoms with Crippen LogP contribution in [0.15, 0.2) is 78.4 Å². The minimum atomic E-state index is -2.40. The molecule has 1 amide bonds. The number of aliphatic imine (C=N–C) groups is 2. The van der Waals surface area contributed by atoms with E-state index in [9.17, 15) is 35.1 Å². The molecule has 2 fully saturated rings. The predicted molar refractivity (Wildman–Crippen MR) is 230 cm³/mol. The average molecular weight is 856 g/mol. The molecule has 8 atom stereocenters. The molecule has 1 aromatic heterocycles. The molecule has 1 spiro atoms. The Kier molecular flexibility index (Phi) is 11.3. The molecule has 8 unspecified atom stereocenters. The number of anilines is 1. The maximum Gasteiger partial charge on any atom is 0.226 e. The molecule has 0 bridgehead atoms. The Bertz CT molecular complexity index is 2360. The lowest BCUT2D eigenvalue weighted by molar-refractivity contribution is -0.365. The summed E-state index contributed by atoms with van der Waals surface area (Å²) < 4.78 is 13.6. The smallest absolute Gasteiger partial charge is 0.226 e. The second-order valence-corrected chi connectivity index (χ2v) is 18.2. The van der Waals surface area contributed by atoms with E-state index < -0.39 is 54.2 Å². The molecule has 0 radical (unpaired) electrons. The fourth-order valence-electron chi connectivity index (χ4n) is 10.8. The summed E-state index contributed by atoms with van der Waals surface area (Å²) in [5.74, 6) is 1.15. The van der Waals surface area contributed by atoms with Gasteiger partial charge in [-0.3, -0.25) is 19.6 Å². The molecule has 6 aliphatic heterocycles. The number of amides is 1. The van der Waals surface area contributed by atoms with Crippen LogP contribution in [0.4, 0.5) is 5.69 Å². The molecular formula is C46H57N5O11. The van der Waals surface area contributed by atoms with Crippen molar-refractivity contribution in [2.75, 3.05) is 37.7 Å². The largest absolute Gasteiger partial charge is 0.482 e. The first-order valence-electron chi connectivity index (χ1n) is 22.0. The number of fused-ring (bicyclic) bond motifs is 4. The minimum Gasteiger partial charge on any atom is -0.482 e. The van der Waals surface area contributed by atoms with Gasteiger partial charge in [-0.1, -0.05) is 26.2 Å². The van der Waals surface area contributed by atoms with E-state index in [4.69, 9.17) is 18.9 Å². The summed E-state index contributed by atoms with van der Waals surface area (Å²) in [5, 5.41) is 58.5. The molecule has 9 rings (SSSR count). The first-order chi connectivity index (χ1) is 29.8. The quantitative estimate of drug-likeness (QED) is 0.112. The Morgan fingerprint density at radius 2 is 1.85 bits per heavy atom. The monoisotopic (exact) mass is 855 g/mol. The molecule has 16 heteroatoms. The number of allylic oxidation sites excluding steroid dienone is 2. The van der Waals surface area contributed by atoms with Crippen LogP contribution in [0.2, 0.25) is 0 Å². The number of nitrogens with one attached hydrogen (secondary N) is 1. The van der Waals surface area contributed by atoms with Crippen LogP contribution in [0, 0.1) is 18.3 Å². The van der Waals surface area contributed by atoms with Gasteiger partial charge in [0.2, 0.25) is 5.91 Å². The van der Waals surface area contributed by atoms with E-state index >= 15 is 0 Å². The highest BCUT2D eigenvalue weighted by Crippen LogP contribution is 2.52. The second-order valence-electron chi connectivity index (χ2n) is 18.2. The lowest BCUT2D eigenvalue weighted by Gasteiger charge is -2.45. The summed E-state index contributed by atoms with van der Waals surface area (Å²) in [4.78, 5) is 51.9. The maximum atomic E-state index is 13.7. The van der Waals surface area contributed by atoms with Gasteiger partial charge < -0.3 is 49.8 Å². The number of carbonyl (C=O) groups excluding carboxylic acids is 1. The van der Waals surface area contributed by atoms with E-state index in [0.717, 1.165) is 49.8 Å². The van der Waals surface area contributed by atoms with Crippen LogP contribution in [0.1, 0.15) is 76.5 Å². The number of nitrogens with zero attached hydrogens (tertiary/aromatic N) is 4. The highest BCUT2D eigenvalue weighted by atomic mass is 17.2. The summed E-state index contributed by atoms with van der Waals surface area (Å²) >= 11 is 0. The summed E-state index contributed by atoms with van der Waals surface area (Å²) in [6, 6.07) is 3.12. The zero-order valence-electron chi connectivity index (χ0n) is 35.5. The van der Waals surface area contributed by atoms with Crippen molar-refractivity contribution in [1.29, 1.82) is 0 Å². The number of β-amino-alcohol motifs (C(OH)–C–C–N with tert-alkyl or cyclic N) is 1. The third-order valence-electron chi connectivity index (χ3n) is 14.5. The average Bonchev–Trinajstić information content (AvgIpc) is 4.10. The SMILES string of the molecule is CCC1C2=CC=NC2=CN1c1c2c(cc3c(=O)cc(C)oc13)CC(OOCC(O)C(O)(CN1CC=C3N=CC=C31)C(O)C(O)CO)C(C)(CCC1CNC(=O)C13CCCCC3)O2. The summed E-state index contributed by atoms with van der Waals surface area (Å²) in [6.07, 6.45) is 11.3. The third-order valence-corrected chi connectivity index (χ3v) is 14.5. The van der Waals surface area contributed by atoms with Crippen LogP contribution in [0.3, 0.4) is 0 Å². The van der Waals surface area contributed by atoms with Crippen molar-refractivity contribution in [1.82, 2.24) is 10.2 Å². The van der Waals surface area contributed by atoms with Crippen molar-refractivity contribution in [2.24, 2.45) is 21.3 Å². The van der Waals surface area contributed by atoms with Gasteiger partial charge in [-0.25, -0.2) is 9.78 Å². The molecule has 1 saturated heterocycles. The molecule has 1 saturated carbocycles. The Hall–Kier alpha value is -4.68. The van der Waals surface area contributed by atoms with Crippen molar-refractivity contribution >= 4 is 35.0 Å². The summed E-state index contributed by atoms with van der Waals surface area (Å²) in [7, 11) is 0. The molecule has 62 heavy (non-hydrogen) atoms. The van der Waals surface area contributed by atoms with E-state index in [2.05, 4.69) is 27.1 Å². The second kappa shape index (κ2) is 16.5. The number of rotatable bonds is 15. The van der Waals surface area contributed by atoms with Crippen LogP contribution in [-0.4, -0.2) is 123 Å². The van der Waals surface area contributed by atoms with Crippen molar-refractivity contribution in [2.45, 2.75) is 120 Å². The van der Waals surface area contributed by atoms with Gasteiger partial charge in [0.15, 0.2) is 16.8 Å². The Morgan fingerprint density at radius 3 is 2.63 bits per heavy atom. The molecule has 1 aliphatic carbocycles. The van der Waals surface area contributed by atoms with Crippen molar-refractivity contribution in [3.8, 4) is 5.75 Å². The Labute approximate surface area is 359 Å². The number of hydrogen-bond acceptors (Lipinski definition) is 15. The Balaban J connectivity index is 1.05. The highest BCUT2D eigenvalue weighted by molar-refractivity contribution is 5.96. The standard InChI is InChI=1S/C46H57N5O11/c1-4-33-29-9-15-48-32(29)22-51(33)39-40-27(19-30-35(53)18-26(2)60-41(30)39)20-38(44(3,61-40)14-8-28-21-49-43(57)45(28)12-6-5-7-13-45)62-59-24-37(55)46(58,42(56)36(54)23-52)25-50-17-11-31-34(50)10-16-47-31/h9-11,15-16,18-19,22,28,33,36-38,42,52,54-56,58H,4-8,12-14,17,20-21,23-25H2,1-3H3,(H,49,57). The lowest BCUT2D eigenvalue weighted by atomic mass is 9.65. The van der Waals surface area contributed by atoms with Crippen LogP contribution in [-0.2, 0) is 21.0 Å². The normalized spacial score (nSPS) is 28.2. The fourth-order valence-corrected chi connectivity index (χ4v) is 10.8. The van der Waals surface area contributed by atoms with Gasteiger partial charge in [-0.2, -0.15) is 0 Å². The summed E-state index contributed by atoms with van der Waals surface area (Å²) in [5.41, 5.74) is 0.755. The number of carbonyl (C=O) groups is 1. The molecule has 2 aromatic rings. The minimum absolute atomic E-state index is 0.0599. The zero-order valence-corrected chi connectivity index (χ0v) is 35.5. The van der Waals surface area contributed by atoms with E-state index in [1.807, 2.05) is 25.3 Å². The number of aliphatic hydroxyl groups excluding tert-OH is 4. The van der Waals surface area contributed by atoms with E-state index in [1.165, 1.54) is 6.07 Å². The van der Waals surface area contributed by atoms with Crippen LogP contribution in [0.25, 0.3) is 11.0 Å². The van der Waals surface area contributed by atoms with E-state index in [-0.39, 0.29) is 36.3 Å². The highest BCUT2D eigenvalue weighted by Gasteiger charge is 2.53. The third kappa shape index (κ3) is 7.13. The van der Waals surface area contributed by atoms with Gasteiger partial charge in [-0.15, -0.1) is 0 Å². The van der Waals surface area contributed by atoms with Gasteiger partial charge in [0.1, 0.15) is 53.7 Å². The first-order valence-corrected chi connectivity index (χ1v) is 22.0. The zero-order chi connectivity index (χ0) is 43.6. The van der Waals surface area contributed by atoms with Gasteiger partial charge in [0.05, 0.1) is 47.1 Å². The number of ether oxygens (including phenoxy) is 1. The van der Waals surface area contributed by atoms with Gasteiger partial charge in [0.25, 0.3) is 0 Å². The van der Waals surface area contributed by atoms with Crippen LogP contribution < -0.4 is 20.4 Å². The molecule has 16 nitrogen and oxygen atoms in total. The molecule has 7 aliphatic rings. The number of aryl methyl sites for hydroxylation is 1. The molecule has 6 N–H and O–H groups in total. The number of hydrogen-bond donors (Lipinski definition) is 6. The van der Waals surface area contributed by atoms with Crippen molar-refractivity contribution < 1.29 is 49.3 Å². The van der Waals surface area contributed by atoms with Crippen molar-refractivity contribution in [3.63, 3.8) is 0 Å². The number of benzene rings is 1. The molecule has 1 aromatic carbocycles. The Morgan fingerprint density at radius 1 is 1.08 bits per heavy atom. The van der Waals surface area contributed by atoms with Gasteiger partial charge in [0, 0.05) is 55.3 Å². The molecule has 7 heterocycles.